The summed E-state index contributed by atoms with van der Waals surface area (Å²) in [6, 6.07) is 13.0. The highest BCUT2D eigenvalue weighted by atomic mass is 79.9. The van der Waals surface area contributed by atoms with Crippen LogP contribution in [-0.4, -0.2) is 25.3 Å². The number of benzene rings is 2. The average Bonchev–Trinajstić information content (AvgIpc) is 2.56. The second kappa shape index (κ2) is 8.75. The molecule has 2 N–H and O–H groups in total. The number of rotatable bonds is 8. The minimum Gasteiger partial charge on any atom is -0.396 e. The van der Waals surface area contributed by atoms with Crippen molar-refractivity contribution in [3.63, 3.8) is 0 Å². The number of nitrogens with one attached hydrogen (secondary N) is 1. The summed E-state index contributed by atoms with van der Waals surface area (Å²) in [6.07, 6.45) is 2.57. The van der Waals surface area contributed by atoms with Gasteiger partial charge in [-0.1, -0.05) is 41.1 Å². The summed E-state index contributed by atoms with van der Waals surface area (Å²) in [5, 5.41) is 12.6. The topological polar surface area (TPSA) is 32.3 Å². The molecule has 0 amide bonds. The quantitative estimate of drug-likeness (QED) is 0.650. The van der Waals surface area contributed by atoms with E-state index in [9.17, 15) is 9.50 Å². The third kappa shape index (κ3) is 4.44. The van der Waals surface area contributed by atoms with Gasteiger partial charge in [-0.15, -0.1) is 0 Å². The lowest BCUT2D eigenvalue weighted by Crippen LogP contribution is -2.27. The van der Waals surface area contributed by atoms with Crippen molar-refractivity contribution in [2.45, 2.75) is 31.6 Å². The maximum Gasteiger partial charge on any atom is 0.123 e. The highest BCUT2D eigenvalue weighted by molar-refractivity contribution is 9.10. The third-order valence-electron chi connectivity index (χ3n) is 4.63. The molecule has 0 aliphatic heterocycles. The van der Waals surface area contributed by atoms with Gasteiger partial charge in [0.2, 0.25) is 0 Å². The maximum absolute atomic E-state index is 13.4. The Bertz CT molecular complexity index is 659. The van der Waals surface area contributed by atoms with Crippen molar-refractivity contribution in [2.75, 3.05) is 20.2 Å². The van der Waals surface area contributed by atoms with Gasteiger partial charge in [-0.2, -0.15) is 0 Å². The molecule has 0 saturated heterocycles. The fourth-order valence-electron chi connectivity index (χ4n) is 3.30. The molecule has 0 heterocycles. The minimum atomic E-state index is -0.226. The SMILES string of the molecule is CNCCCC(C)(c1ccc(F)cc1)c1ccc(Br)cc1CCO. The van der Waals surface area contributed by atoms with Crippen LogP contribution in [0.2, 0.25) is 0 Å². The highest BCUT2D eigenvalue weighted by Crippen LogP contribution is 2.39. The van der Waals surface area contributed by atoms with E-state index in [-0.39, 0.29) is 17.8 Å². The molecule has 2 aromatic rings. The second-order valence-electron chi connectivity index (χ2n) is 6.32. The monoisotopic (exact) mass is 393 g/mol. The lowest BCUT2D eigenvalue weighted by atomic mass is 9.71. The van der Waals surface area contributed by atoms with Gasteiger partial charge in [0.1, 0.15) is 5.82 Å². The van der Waals surface area contributed by atoms with Crippen molar-refractivity contribution in [2.24, 2.45) is 0 Å². The summed E-state index contributed by atoms with van der Waals surface area (Å²) in [6.45, 7) is 3.25. The van der Waals surface area contributed by atoms with E-state index in [0.29, 0.717) is 6.42 Å². The largest absolute Gasteiger partial charge is 0.396 e. The number of aliphatic hydroxyl groups excluding tert-OH is 1. The predicted molar refractivity (Wildman–Crippen MR) is 101 cm³/mol. The zero-order chi connectivity index (χ0) is 17.6. The van der Waals surface area contributed by atoms with Crippen molar-refractivity contribution in [1.29, 1.82) is 0 Å². The Balaban J connectivity index is 2.51. The fraction of sp³-hybridized carbons (Fsp3) is 0.400. The maximum atomic E-state index is 13.4. The van der Waals surface area contributed by atoms with Crippen LogP contribution in [0.3, 0.4) is 0 Å². The van der Waals surface area contributed by atoms with Crippen LogP contribution >= 0.6 is 15.9 Å². The van der Waals surface area contributed by atoms with Gasteiger partial charge in [0, 0.05) is 16.5 Å². The first kappa shape index (κ1) is 19.1. The molecular formula is C20H25BrFNO. The van der Waals surface area contributed by atoms with E-state index >= 15 is 0 Å². The van der Waals surface area contributed by atoms with Gasteiger partial charge in [-0.3, -0.25) is 0 Å². The normalized spacial score (nSPS) is 13.7. The van der Waals surface area contributed by atoms with Gasteiger partial charge >= 0.3 is 0 Å². The van der Waals surface area contributed by atoms with Gasteiger partial charge in [0.25, 0.3) is 0 Å². The van der Waals surface area contributed by atoms with E-state index in [1.54, 1.807) is 0 Å². The molecule has 2 nitrogen and oxygen atoms in total. The Morgan fingerprint density at radius 3 is 2.50 bits per heavy atom. The summed E-state index contributed by atoms with van der Waals surface area (Å²) in [7, 11) is 1.95. The van der Waals surface area contributed by atoms with Crippen LogP contribution < -0.4 is 5.32 Å². The van der Waals surface area contributed by atoms with Gasteiger partial charge < -0.3 is 10.4 Å². The van der Waals surface area contributed by atoms with E-state index in [1.165, 1.54) is 17.7 Å². The van der Waals surface area contributed by atoms with Gasteiger partial charge in [-0.25, -0.2) is 4.39 Å². The highest BCUT2D eigenvalue weighted by Gasteiger charge is 2.30. The Labute approximate surface area is 152 Å². The van der Waals surface area contributed by atoms with Crippen molar-refractivity contribution < 1.29 is 9.50 Å². The molecule has 0 radical (unpaired) electrons. The molecule has 0 aliphatic carbocycles. The molecular weight excluding hydrogens is 369 g/mol. The number of halogens is 2. The molecule has 0 saturated carbocycles. The average molecular weight is 394 g/mol. The van der Waals surface area contributed by atoms with E-state index in [1.807, 2.05) is 25.2 Å². The second-order valence-corrected chi connectivity index (χ2v) is 7.24. The first-order valence-corrected chi connectivity index (χ1v) is 9.11. The van der Waals surface area contributed by atoms with Crippen LogP contribution in [0, 0.1) is 5.82 Å². The number of hydrogen-bond acceptors (Lipinski definition) is 2. The van der Waals surface area contributed by atoms with Crippen molar-refractivity contribution in [3.8, 4) is 0 Å². The Kier molecular flexibility index (Phi) is 6.96. The molecule has 1 unspecified atom stereocenters. The molecule has 0 aliphatic rings. The molecule has 130 valence electrons. The van der Waals surface area contributed by atoms with Gasteiger partial charge in [0.05, 0.1) is 0 Å². The third-order valence-corrected chi connectivity index (χ3v) is 5.12. The van der Waals surface area contributed by atoms with E-state index in [2.05, 4.69) is 40.3 Å². The van der Waals surface area contributed by atoms with Gasteiger partial charge in [0.15, 0.2) is 0 Å². The van der Waals surface area contributed by atoms with E-state index < -0.39 is 0 Å². The molecule has 1 atom stereocenters. The molecule has 2 rings (SSSR count). The number of hydrogen-bond donors (Lipinski definition) is 2. The molecule has 4 heteroatoms. The van der Waals surface area contributed by atoms with E-state index in [0.717, 1.165) is 35.0 Å². The Hall–Kier alpha value is -1.23. The summed E-state index contributed by atoms with van der Waals surface area (Å²) in [4.78, 5) is 0. The zero-order valence-corrected chi connectivity index (χ0v) is 15.9. The lowest BCUT2D eigenvalue weighted by molar-refractivity contribution is 0.298. The van der Waals surface area contributed by atoms with Crippen LogP contribution in [0.1, 0.15) is 36.5 Å². The standard InChI is InChI=1S/C20H25BrFNO/c1-20(11-3-12-23-2,16-4-7-18(22)8-5-16)19-9-6-17(21)14-15(19)10-13-24/h4-9,14,23-24H,3,10-13H2,1-2H3. The summed E-state index contributed by atoms with van der Waals surface area (Å²) in [5.41, 5.74) is 3.20. The summed E-state index contributed by atoms with van der Waals surface area (Å²) in [5.74, 6) is -0.220. The molecule has 0 bridgehead atoms. The smallest absolute Gasteiger partial charge is 0.123 e. The van der Waals surface area contributed by atoms with Crippen LogP contribution in [0.4, 0.5) is 4.39 Å². The Morgan fingerprint density at radius 1 is 1.17 bits per heavy atom. The first-order chi connectivity index (χ1) is 11.5. The summed E-state index contributed by atoms with van der Waals surface area (Å²) < 4.78 is 14.4. The van der Waals surface area contributed by atoms with Crippen LogP contribution in [0.25, 0.3) is 0 Å². The van der Waals surface area contributed by atoms with Crippen molar-refractivity contribution in [1.82, 2.24) is 5.32 Å². The minimum absolute atomic E-state index is 0.111. The zero-order valence-electron chi connectivity index (χ0n) is 14.3. The molecule has 0 fully saturated rings. The predicted octanol–water partition coefficient (Wildman–Crippen LogP) is 4.43. The first-order valence-electron chi connectivity index (χ1n) is 8.31. The lowest BCUT2D eigenvalue weighted by Gasteiger charge is -2.33. The van der Waals surface area contributed by atoms with Crippen molar-refractivity contribution >= 4 is 15.9 Å². The van der Waals surface area contributed by atoms with Crippen molar-refractivity contribution in [3.05, 3.63) is 69.4 Å². The molecule has 0 spiro atoms. The summed E-state index contributed by atoms with van der Waals surface area (Å²) >= 11 is 3.52. The van der Waals surface area contributed by atoms with Crippen LogP contribution in [0.5, 0.6) is 0 Å². The molecule has 2 aromatic carbocycles. The fourth-order valence-corrected chi connectivity index (χ4v) is 3.71. The van der Waals surface area contributed by atoms with Crippen LogP contribution in [0.15, 0.2) is 46.9 Å². The Morgan fingerprint density at radius 2 is 1.88 bits per heavy atom. The molecule has 24 heavy (non-hydrogen) atoms. The molecule has 0 aromatic heterocycles. The number of aliphatic hydroxyl groups is 1. The van der Waals surface area contributed by atoms with Crippen LogP contribution in [-0.2, 0) is 11.8 Å². The van der Waals surface area contributed by atoms with E-state index in [4.69, 9.17) is 0 Å². The van der Waals surface area contributed by atoms with Gasteiger partial charge in [-0.05, 0) is 73.8 Å².